The number of hydrogen-bond acceptors (Lipinski definition) is 3. The number of nitrogens with zero attached hydrogens (tertiary/aromatic N) is 1. The van der Waals surface area contributed by atoms with Crippen LogP contribution in [0, 0.1) is 0 Å². The van der Waals surface area contributed by atoms with E-state index < -0.39 is 0 Å². The van der Waals surface area contributed by atoms with Crippen LogP contribution in [0.4, 0.5) is 0 Å². The Kier molecular flexibility index (Phi) is 4.74. The van der Waals surface area contributed by atoms with Gasteiger partial charge in [-0.3, -0.25) is 4.79 Å². The molecule has 0 saturated heterocycles. The topological polar surface area (TPSA) is 60.8 Å². The van der Waals surface area contributed by atoms with Crippen LogP contribution >= 0.6 is 11.6 Å². The number of carbonyl (C=O) groups is 1. The van der Waals surface area contributed by atoms with Crippen LogP contribution in [0.2, 0.25) is 5.02 Å². The quantitative estimate of drug-likeness (QED) is 0.794. The first-order valence-electron chi connectivity index (χ1n) is 7.95. The smallest absolute Gasteiger partial charge is 0.257 e. The Morgan fingerprint density at radius 1 is 1.22 bits per heavy atom. The van der Waals surface area contributed by atoms with Gasteiger partial charge in [-0.25, -0.2) is 0 Å². The molecule has 4 nitrogen and oxygen atoms in total. The summed E-state index contributed by atoms with van der Waals surface area (Å²) in [5.74, 6) is -0.196. The Hall–Kier alpha value is -1.78. The molecule has 1 fully saturated rings. The van der Waals surface area contributed by atoms with Gasteiger partial charge in [-0.05, 0) is 31.7 Å². The van der Waals surface area contributed by atoms with Gasteiger partial charge in [0, 0.05) is 35.0 Å². The fraction of sp³-hybridized carbons (Fsp3) is 0.389. The molecule has 2 aromatic carbocycles. The summed E-state index contributed by atoms with van der Waals surface area (Å²) < 4.78 is 0. The van der Waals surface area contributed by atoms with Crippen molar-refractivity contribution in [3.63, 3.8) is 0 Å². The van der Waals surface area contributed by atoms with Crippen molar-refractivity contribution in [1.82, 2.24) is 4.90 Å². The minimum Gasteiger partial charge on any atom is -0.506 e. The zero-order chi connectivity index (χ0) is 16.4. The van der Waals surface area contributed by atoms with E-state index in [0.29, 0.717) is 23.4 Å². The molecule has 1 aliphatic carbocycles. The van der Waals surface area contributed by atoms with Crippen LogP contribution in [0.3, 0.4) is 0 Å². The second kappa shape index (κ2) is 6.77. The summed E-state index contributed by atoms with van der Waals surface area (Å²) in [5, 5.41) is 21.2. The van der Waals surface area contributed by atoms with Gasteiger partial charge in [-0.1, -0.05) is 35.9 Å². The molecule has 1 amide bonds. The number of halogens is 1. The summed E-state index contributed by atoms with van der Waals surface area (Å²) in [6, 6.07) is 9.05. The normalized spacial score (nSPS) is 14.2. The van der Waals surface area contributed by atoms with Crippen molar-refractivity contribution < 1.29 is 15.0 Å². The molecule has 5 heteroatoms. The third-order valence-electron chi connectivity index (χ3n) is 4.25. The molecular formula is C18H20ClNO3. The molecule has 0 atom stereocenters. The maximum absolute atomic E-state index is 12.9. The van der Waals surface area contributed by atoms with Gasteiger partial charge in [0.15, 0.2) is 0 Å². The molecule has 3 rings (SSSR count). The molecule has 0 spiro atoms. The zero-order valence-electron chi connectivity index (χ0n) is 12.8. The Morgan fingerprint density at radius 2 is 1.91 bits per heavy atom. The lowest BCUT2D eigenvalue weighted by molar-refractivity contribution is 0.0734. The van der Waals surface area contributed by atoms with Crippen LogP contribution in [0.15, 0.2) is 30.3 Å². The largest absolute Gasteiger partial charge is 0.506 e. The first-order valence-corrected chi connectivity index (χ1v) is 8.33. The third-order valence-corrected chi connectivity index (χ3v) is 4.56. The summed E-state index contributed by atoms with van der Waals surface area (Å²) in [4.78, 5) is 14.7. The first-order chi connectivity index (χ1) is 11.1. The fourth-order valence-electron chi connectivity index (χ4n) is 2.86. The predicted molar refractivity (Wildman–Crippen MR) is 91.0 cm³/mol. The Morgan fingerprint density at radius 3 is 2.57 bits per heavy atom. The van der Waals surface area contributed by atoms with E-state index in [2.05, 4.69) is 0 Å². The predicted octanol–water partition coefficient (Wildman–Crippen LogP) is 3.58. The standard InChI is InChI=1S/C18H20ClNO3/c19-16-11-15(17(22)14-6-2-1-5-13(14)16)18(23)20(12-7-8-12)9-3-4-10-21/h1-2,5-6,11-12,21-22H,3-4,7-10H2. The van der Waals surface area contributed by atoms with Crippen molar-refractivity contribution in [2.45, 2.75) is 31.7 Å². The lowest BCUT2D eigenvalue weighted by atomic mass is 10.0. The van der Waals surface area contributed by atoms with E-state index in [4.69, 9.17) is 16.7 Å². The monoisotopic (exact) mass is 333 g/mol. The molecule has 2 aromatic rings. The first kappa shape index (κ1) is 16.1. The molecule has 0 bridgehead atoms. The molecule has 2 N–H and O–H groups in total. The van der Waals surface area contributed by atoms with Crippen molar-refractivity contribution in [2.75, 3.05) is 13.2 Å². The average molecular weight is 334 g/mol. The lowest BCUT2D eigenvalue weighted by Crippen LogP contribution is -2.34. The molecule has 122 valence electrons. The summed E-state index contributed by atoms with van der Waals surface area (Å²) >= 11 is 6.29. The zero-order valence-corrected chi connectivity index (χ0v) is 13.6. The van der Waals surface area contributed by atoms with Crippen molar-refractivity contribution in [1.29, 1.82) is 0 Å². The Labute approximate surface area is 140 Å². The molecule has 1 aliphatic rings. The summed E-state index contributed by atoms with van der Waals surface area (Å²) in [6.45, 7) is 0.716. The highest BCUT2D eigenvalue weighted by atomic mass is 35.5. The van der Waals surface area contributed by atoms with Crippen molar-refractivity contribution in [2.24, 2.45) is 0 Å². The number of hydrogen-bond donors (Lipinski definition) is 2. The van der Waals surface area contributed by atoms with Crippen LogP contribution in [-0.2, 0) is 0 Å². The number of aliphatic hydroxyl groups excluding tert-OH is 1. The van der Waals surface area contributed by atoms with Crippen LogP contribution in [0.1, 0.15) is 36.0 Å². The van der Waals surface area contributed by atoms with Crippen molar-refractivity contribution in [3.8, 4) is 5.75 Å². The van der Waals surface area contributed by atoms with E-state index in [1.54, 1.807) is 17.0 Å². The van der Waals surface area contributed by atoms with Gasteiger partial charge in [-0.2, -0.15) is 0 Å². The molecule has 23 heavy (non-hydrogen) atoms. The Bertz CT molecular complexity index is 728. The SMILES string of the molecule is O=C(c1cc(Cl)c2ccccc2c1O)N(CCCCO)C1CC1. The van der Waals surface area contributed by atoms with Crippen molar-refractivity contribution >= 4 is 28.3 Å². The van der Waals surface area contributed by atoms with Crippen LogP contribution in [0.5, 0.6) is 5.75 Å². The number of unbranched alkanes of at least 4 members (excludes halogenated alkanes) is 1. The van der Waals surface area contributed by atoms with E-state index >= 15 is 0 Å². The van der Waals surface area contributed by atoms with Gasteiger partial charge in [-0.15, -0.1) is 0 Å². The highest BCUT2D eigenvalue weighted by Gasteiger charge is 2.34. The number of phenolic OH excluding ortho intramolecular Hbond substituents is 1. The molecule has 0 aromatic heterocycles. The lowest BCUT2D eigenvalue weighted by Gasteiger charge is -2.23. The number of phenols is 1. The summed E-state index contributed by atoms with van der Waals surface area (Å²) in [7, 11) is 0. The summed E-state index contributed by atoms with van der Waals surface area (Å²) in [5.41, 5.74) is 0.254. The second-order valence-electron chi connectivity index (χ2n) is 5.96. The number of rotatable bonds is 6. The van der Waals surface area contributed by atoms with Gasteiger partial charge in [0.2, 0.25) is 0 Å². The van der Waals surface area contributed by atoms with Gasteiger partial charge < -0.3 is 15.1 Å². The minimum atomic E-state index is -0.185. The number of fused-ring (bicyclic) bond motifs is 1. The highest BCUT2D eigenvalue weighted by molar-refractivity contribution is 6.36. The van der Waals surface area contributed by atoms with E-state index in [1.807, 2.05) is 18.2 Å². The molecular weight excluding hydrogens is 314 g/mol. The number of carbonyl (C=O) groups excluding carboxylic acids is 1. The van der Waals surface area contributed by atoms with Gasteiger partial charge in [0.25, 0.3) is 5.91 Å². The van der Waals surface area contributed by atoms with Crippen LogP contribution in [-0.4, -0.2) is 40.2 Å². The molecule has 0 unspecified atom stereocenters. The van der Waals surface area contributed by atoms with Crippen LogP contribution in [0.25, 0.3) is 10.8 Å². The number of aliphatic hydroxyl groups is 1. The molecule has 0 heterocycles. The van der Waals surface area contributed by atoms with Crippen LogP contribution < -0.4 is 0 Å². The molecule has 1 saturated carbocycles. The van der Waals surface area contributed by atoms with E-state index in [9.17, 15) is 9.90 Å². The fourth-order valence-corrected chi connectivity index (χ4v) is 3.14. The Balaban J connectivity index is 1.94. The third kappa shape index (κ3) is 3.28. The summed E-state index contributed by atoms with van der Waals surface area (Å²) in [6.07, 6.45) is 3.40. The highest BCUT2D eigenvalue weighted by Crippen LogP contribution is 2.37. The second-order valence-corrected chi connectivity index (χ2v) is 6.37. The number of benzene rings is 2. The van der Waals surface area contributed by atoms with E-state index in [1.165, 1.54) is 0 Å². The number of aromatic hydroxyl groups is 1. The van der Waals surface area contributed by atoms with E-state index in [-0.39, 0.29) is 29.9 Å². The maximum atomic E-state index is 12.9. The molecule has 0 radical (unpaired) electrons. The minimum absolute atomic E-state index is 0.0113. The van der Waals surface area contributed by atoms with E-state index in [0.717, 1.165) is 24.6 Å². The van der Waals surface area contributed by atoms with Gasteiger partial charge in [0.1, 0.15) is 5.75 Å². The maximum Gasteiger partial charge on any atom is 0.257 e. The molecule has 0 aliphatic heterocycles. The van der Waals surface area contributed by atoms with Crippen molar-refractivity contribution in [3.05, 3.63) is 40.9 Å². The van der Waals surface area contributed by atoms with Gasteiger partial charge in [0.05, 0.1) is 5.56 Å². The number of amides is 1. The average Bonchev–Trinajstić information content (AvgIpc) is 3.39. The van der Waals surface area contributed by atoms with Gasteiger partial charge >= 0.3 is 0 Å².